The van der Waals surface area contributed by atoms with E-state index in [1.54, 1.807) is 6.92 Å². The first-order valence-electron chi connectivity index (χ1n) is 7.48. The van der Waals surface area contributed by atoms with Crippen LogP contribution in [0.5, 0.6) is 5.75 Å². The quantitative estimate of drug-likeness (QED) is 0.836. The molecule has 1 aliphatic rings. The number of benzene rings is 1. The molecule has 0 aliphatic carbocycles. The molecule has 0 saturated carbocycles. The predicted molar refractivity (Wildman–Crippen MR) is 89.1 cm³/mol. The molecule has 1 atom stereocenters. The van der Waals surface area contributed by atoms with Crippen molar-refractivity contribution >= 4 is 15.7 Å². The van der Waals surface area contributed by atoms with Gasteiger partial charge in [0.15, 0.2) is 0 Å². The van der Waals surface area contributed by atoms with E-state index in [1.807, 2.05) is 18.2 Å². The Morgan fingerprint density at radius 2 is 1.86 bits per heavy atom. The highest BCUT2D eigenvalue weighted by Gasteiger charge is 2.18. The van der Waals surface area contributed by atoms with Gasteiger partial charge in [-0.1, -0.05) is 12.1 Å². The topological polar surface area (TPSA) is 61.9 Å². The summed E-state index contributed by atoms with van der Waals surface area (Å²) in [5.41, 5.74) is 1.07. The van der Waals surface area contributed by atoms with Crippen molar-refractivity contribution in [3.8, 4) is 5.75 Å². The molecule has 0 spiro atoms. The number of rotatable bonds is 6. The van der Waals surface area contributed by atoms with E-state index < -0.39 is 10.0 Å². The van der Waals surface area contributed by atoms with Gasteiger partial charge in [-0.2, -0.15) is 0 Å². The Morgan fingerprint density at radius 3 is 2.50 bits per heavy atom. The third kappa shape index (κ3) is 5.15. The minimum Gasteiger partial charge on any atom is -0.490 e. The molecule has 22 heavy (non-hydrogen) atoms. The molecule has 2 rings (SSSR count). The van der Waals surface area contributed by atoms with Crippen molar-refractivity contribution < 1.29 is 13.2 Å². The molecule has 1 fully saturated rings. The van der Waals surface area contributed by atoms with E-state index in [2.05, 4.69) is 27.6 Å². The summed E-state index contributed by atoms with van der Waals surface area (Å²) in [6.07, 6.45) is 1.15. The van der Waals surface area contributed by atoms with Gasteiger partial charge in [-0.05, 0) is 26.1 Å². The molecule has 0 aromatic heterocycles. The van der Waals surface area contributed by atoms with Crippen LogP contribution in [-0.4, -0.2) is 65.4 Å². The van der Waals surface area contributed by atoms with E-state index in [4.69, 9.17) is 4.74 Å². The van der Waals surface area contributed by atoms with Gasteiger partial charge in [-0.3, -0.25) is 0 Å². The van der Waals surface area contributed by atoms with Gasteiger partial charge in [0.2, 0.25) is 10.0 Å². The fraction of sp³-hybridized carbons (Fsp3) is 0.600. The van der Waals surface area contributed by atoms with E-state index in [0.29, 0.717) is 6.61 Å². The second kappa shape index (κ2) is 7.30. The summed E-state index contributed by atoms with van der Waals surface area (Å²) in [5, 5.41) is 0. The third-order valence-electron chi connectivity index (χ3n) is 3.61. The van der Waals surface area contributed by atoms with Gasteiger partial charge in [-0.15, -0.1) is 0 Å². The van der Waals surface area contributed by atoms with Crippen LogP contribution in [0.15, 0.2) is 24.3 Å². The first-order valence-corrected chi connectivity index (χ1v) is 9.37. The fourth-order valence-corrected chi connectivity index (χ4v) is 3.30. The SMILES string of the molecule is C[C@H](COc1ccccc1N1CCN(C)CC1)NS(C)(=O)=O. The molecule has 0 bridgehead atoms. The average Bonchev–Trinajstić information content (AvgIpc) is 2.45. The maximum atomic E-state index is 11.2. The molecule has 1 aromatic rings. The Morgan fingerprint density at radius 1 is 1.23 bits per heavy atom. The summed E-state index contributed by atoms with van der Waals surface area (Å²) in [7, 11) is -1.09. The molecule has 1 aromatic carbocycles. The number of anilines is 1. The molecular formula is C15H25N3O3S. The number of nitrogens with zero attached hydrogens (tertiary/aromatic N) is 2. The average molecular weight is 327 g/mol. The fourth-order valence-electron chi connectivity index (χ4n) is 2.50. The Balaban J connectivity index is 1.99. The molecular weight excluding hydrogens is 302 g/mol. The number of likely N-dealkylation sites (N-methyl/N-ethyl adjacent to an activating group) is 1. The standard InChI is InChI=1S/C15H25N3O3S/c1-13(16-22(3,19)20)12-21-15-7-5-4-6-14(15)18-10-8-17(2)9-11-18/h4-7,13,16H,8-12H2,1-3H3/t13-/m1/s1. The summed E-state index contributed by atoms with van der Waals surface area (Å²) in [6, 6.07) is 7.65. The molecule has 7 heteroatoms. The smallest absolute Gasteiger partial charge is 0.209 e. The van der Waals surface area contributed by atoms with Gasteiger partial charge in [0, 0.05) is 26.2 Å². The summed E-state index contributed by atoms with van der Waals surface area (Å²) >= 11 is 0. The number of nitrogens with one attached hydrogen (secondary N) is 1. The number of ether oxygens (including phenoxy) is 1. The normalized spacial score (nSPS) is 18.2. The highest BCUT2D eigenvalue weighted by Crippen LogP contribution is 2.28. The molecule has 1 aliphatic heterocycles. The van der Waals surface area contributed by atoms with E-state index in [9.17, 15) is 8.42 Å². The van der Waals surface area contributed by atoms with E-state index in [-0.39, 0.29) is 6.04 Å². The van der Waals surface area contributed by atoms with Gasteiger partial charge in [0.1, 0.15) is 12.4 Å². The predicted octanol–water partition coefficient (Wildman–Crippen LogP) is 0.755. The number of sulfonamides is 1. The van der Waals surface area contributed by atoms with Gasteiger partial charge in [0.05, 0.1) is 18.0 Å². The lowest BCUT2D eigenvalue weighted by Crippen LogP contribution is -2.44. The summed E-state index contributed by atoms with van der Waals surface area (Å²) in [5.74, 6) is 0.800. The molecule has 0 unspecified atom stereocenters. The lowest BCUT2D eigenvalue weighted by Gasteiger charge is -2.35. The van der Waals surface area contributed by atoms with Crippen molar-refractivity contribution in [1.82, 2.24) is 9.62 Å². The second-order valence-electron chi connectivity index (χ2n) is 5.86. The highest BCUT2D eigenvalue weighted by molar-refractivity contribution is 7.88. The van der Waals surface area contributed by atoms with Gasteiger partial charge in [-0.25, -0.2) is 13.1 Å². The van der Waals surface area contributed by atoms with Crippen LogP contribution >= 0.6 is 0 Å². The lowest BCUT2D eigenvalue weighted by molar-refractivity contribution is 0.283. The maximum absolute atomic E-state index is 11.2. The summed E-state index contributed by atoms with van der Waals surface area (Å²) in [4.78, 5) is 4.61. The Hall–Kier alpha value is -1.31. The molecule has 1 saturated heterocycles. The lowest BCUT2D eigenvalue weighted by atomic mass is 10.2. The minimum atomic E-state index is -3.21. The van der Waals surface area contributed by atoms with Gasteiger partial charge >= 0.3 is 0 Å². The molecule has 1 N–H and O–H groups in total. The zero-order valence-electron chi connectivity index (χ0n) is 13.4. The first-order chi connectivity index (χ1) is 10.3. The van der Waals surface area contributed by atoms with Crippen molar-refractivity contribution in [2.45, 2.75) is 13.0 Å². The van der Waals surface area contributed by atoms with Crippen LogP contribution in [0.2, 0.25) is 0 Å². The monoisotopic (exact) mass is 327 g/mol. The number of piperazine rings is 1. The maximum Gasteiger partial charge on any atom is 0.209 e. The third-order valence-corrected chi connectivity index (χ3v) is 4.44. The van der Waals surface area contributed by atoms with Crippen LogP contribution in [0.1, 0.15) is 6.92 Å². The highest BCUT2D eigenvalue weighted by atomic mass is 32.2. The Bertz CT molecular complexity index is 583. The van der Waals surface area contributed by atoms with Gasteiger partial charge in [0.25, 0.3) is 0 Å². The number of hydrogen-bond donors (Lipinski definition) is 1. The van der Waals surface area contributed by atoms with E-state index in [1.165, 1.54) is 0 Å². The van der Waals surface area contributed by atoms with Crippen molar-refractivity contribution in [3.05, 3.63) is 24.3 Å². The molecule has 124 valence electrons. The Kier molecular flexibility index (Phi) is 5.66. The minimum absolute atomic E-state index is 0.268. The molecule has 1 heterocycles. The Labute approximate surface area is 133 Å². The molecule has 0 radical (unpaired) electrons. The van der Waals surface area contributed by atoms with Crippen molar-refractivity contribution in [1.29, 1.82) is 0 Å². The zero-order valence-corrected chi connectivity index (χ0v) is 14.3. The van der Waals surface area contributed by atoms with Crippen molar-refractivity contribution in [2.75, 3.05) is 51.0 Å². The van der Waals surface area contributed by atoms with Crippen LogP contribution in [0.3, 0.4) is 0 Å². The number of para-hydroxylation sites is 2. The largest absolute Gasteiger partial charge is 0.490 e. The van der Waals surface area contributed by atoms with Crippen LogP contribution < -0.4 is 14.4 Å². The molecule has 6 nitrogen and oxygen atoms in total. The van der Waals surface area contributed by atoms with Crippen LogP contribution in [0.4, 0.5) is 5.69 Å². The van der Waals surface area contributed by atoms with Crippen LogP contribution in [-0.2, 0) is 10.0 Å². The second-order valence-corrected chi connectivity index (χ2v) is 7.64. The van der Waals surface area contributed by atoms with Crippen LogP contribution in [0.25, 0.3) is 0 Å². The zero-order chi connectivity index (χ0) is 16.2. The van der Waals surface area contributed by atoms with Crippen molar-refractivity contribution in [3.63, 3.8) is 0 Å². The molecule has 0 amide bonds. The summed E-state index contributed by atoms with van der Waals surface area (Å²) in [6.45, 7) is 6.08. The van der Waals surface area contributed by atoms with Gasteiger partial charge < -0.3 is 14.5 Å². The first kappa shape index (κ1) is 17.1. The van der Waals surface area contributed by atoms with Crippen molar-refractivity contribution in [2.24, 2.45) is 0 Å². The summed E-state index contributed by atoms with van der Waals surface area (Å²) < 4.78 is 30.8. The number of hydrogen-bond acceptors (Lipinski definition) is 5. The van der Waals surface area contributed by atoms with Crippen LogP contribution in [0, 0.1) is 0 Å². The van der Waals surface area contributed by atoms with E-state index in [0.717, 1.165) is 43.9 Å². The van der Waals surface area contributed by atoms with E-state index >= 15 is 0 Å².